The SMILES string of the molecule is FC(F)Oc1ccc(-n2nnnc2CSc2nnc(C3CCCCC3)o2)cc1. The largest absolute Gasteiger partial charge is 0.435 e. The Bertz CT molecular complexity index is 895. The summed E-state index contributed by atoms with van der Waals surface area (Å²) in [7, 11) is 0. The zero-order valence-electron chi connectivity index (χ0n) is 14.9. The van der Waals surface area contributed by atoms with Crippen LogP contribution in [0.2, 0.25) is 0 Å². The number of rotatable bonds is 7. The molecule has 1 aliphatic carbocycles. The lowest BCUT2D eigenvalue weighted by Gasteiger charge is -2.17. The van der Waals surface area contributed by atoms with Gasteiger partial charge in [-0.3, -0.25) is 0 Å². The van der Waals surface area contributed by atoms with Gasteiger partial charge in [-0.1, -0.05) is 31.0 Å². The van der Waals surface area contributed by atoms with Crippen molar-refractivity contribution in [1.82, 2.24) is 30.4 Å². The Labute approximate surface area is 163 Å². The summed E-state index contributed by atoms with van der Waals surface area (Å²) in [5, 5.41) is 20.4. The van der Waals surface area contributed by atoms with E-state index in [1.165, 1.54) is 47.8 Å². The van der Waals surface area contributed by atoms with Gasteiger partial charge in [-0.15, -0.1) is 15.3 Å². The van der Waals surface area contributed by atoms with E-state index in [4.69, 9.17) is 4.42 Å². The minimum absolute atomic E-state index is 0.0730. The van der Waals surface area contributed by atoms with Crippen LogP contribution in [-0.4, -0.2) is 37.0 Å². The first kappa shape index (κ1) is 18.8. The van der Waals surface area contributed by atoms with Gasteiger partial charge in [-0.2, -0.15) is 13.5 Å². The molecular weight excluding hydrogens is 390 g/mol. The minimum Gasteiger partial charge on any atom is -0.435 e. The van der Waals surface area contributed by atoms with Crippen molar-refractivity contribution in [2.24, 2.45) is 0 Å². The lowest BCUT2D eigenvalue weighted by Crippen LogP contribution is -2.04. The number of ether oxygens (including phenoxy) is 1. The van der Waals surface area contributed by atoms with Gasteiger partial charge in [0.05, 0.1) is 11.4 Å². The highest BCUT2D eigenvalue weighted by atomic mass is 32.2. The first-order chi connectivity index (χ1) is 13.7. The highest BCUT2D eigenvalue weighted by Gasteiger charge is 2.21. The highest BCUT2D eigenvalue weighted by molar-refractivity contribution is 7.98. The molecule has 0 atom stereocenters. The predicted octanol–water partition coefficient (Wildman–Crippen LogP) is 3.99. The van der Waals surface area contributed by atoms with Gasteiger partial charge in [-0.05, 0) is 47.5 Å². The van der Waals surface area contributed by atoms with Crippen molar-refractivity contribution in [3.63, 3.8) is 0 Å². The Balaban J connectivity index is 1.40. The molecule has 1 fully saturated rings. The van der Waals surface area contributed by atoms with E-state index >= 15 is 0 Å². The summed E-state index contributed by atoms with van der Waals surface area (Å²) < 4.78 is 36.2. The summed E-state index contributed by atoms with van der Waals surface area (Å²) >= 11 is 1.36. The van der Waals surface area contributed by atoms with Crippen LogP contribution in [0.4, 0.5) is 8.78 Å². The van der Waals surface area contributed by atoms with Crippen LogP contribution >= 0.6 is 11.8 Å². The second-order valence-corrected chi connectivity index (χ2v) is 7.34. The van der Waals surface area contributed by atoms with E-state index in [0.29, 0.717) is 34.3 Å². The molecule has 2 aromatic heterocycles. The van der Waals surface area contributed by atoms with Gasteiger partial charge in [-0.25, -0.2) is 0 Å². The topological polar surface area (TPSA) is 91.8 Å². The van der Waals surface area contributed by atoms with Gasteiger partial charge in [0.15, 0.2) is 5.82 Å². The van der Waals surface area contributed by atoms with E-state index in [1.54, 1.807) is 12.1 Å². The number of nitrogens with zero attached hydrogens (tertiary/aromatic N) is 6. The zero-order valence-corrected chi connectivity index (χ0v) is 15.7. The molecule has 0 unspecified atom stereocenters. The molecule has 0 radical (unpaired) electrons. The molecule has 0 aliphatic heterocycles. The fourth-order valence-corrected chi connectivity index (χ4v) is 3.86. The standard InChI is InChI=1S/C17H18F2N6O2S/c18-16(19)26-13-8-6-12(7-9-13)25-14(20-23-24-25)10-28-17-22-21-15(27-17)11-4-2-1-3-5-11/h6-9,11,16H,1-5,10H2. The maximum atomic E-state index is 12.3. The van der Waals surface area contributed by atoms with E-state index in [1.807, 2.05) is 0 Å². The Morgan fingerprint density at radius 2 is 1.89 bits per heavy atom. The van der Waals surface area contributed by atoms with Crippen LogP contribution in [0.3, 0.4) is 0 Å². The Kier molecular flexibility index (Phi) is 5.79. The first-order valence-electron chi connectivity index (χ1n) is 8.98. The molecule has 3 aromatic rings. The molecule has 1 aliphatic rings. The van der Waals surface area contributed by atoms with Crippen LogP contribution in [0.25, 0.3) is 5.69 Å². The maximum Gasteiger partial charge on any atom is 0.387 e. The number of hydrogen-bond acceptors (Lipinski definition) is 8. The molecule has 0 bridgehead atoms. The maximum absolute atomic E-state index is 12.3. The Morgan fingerprint density at radius 1 is 1.11 bits per heavy atom. The van der Waals surface area contributed by atoms with Crippen molar-refractivity contribution in [3.8, 4) is 11.4 Å². The van der Waals surface area contributed by atoms with Crippen molar-refractivity contribution < 1.29 is 17.9 Å². The molecule has 8 nitrogen and oxygen atoms in total. The van der Waals surface area contributed by atoms with Crippen molar-refractivity contribution in [2.75, 3.05) is 0 Å². The van der Waals surface area contributed by atoms with Crippen LogP contribution < -0.4 is 4.74 Å². The molecular formula is C17H18F2N6O2S. The van der Waals surface area contributed by atoms with E-state index < -0.39 is 6.61 Å². The molecule has 0 N–H and O–H groups in total. The Morgan fingerprint density at radius 3 is 2.64 bits per heavy atom. The van der Waals surface area contributed by atoms with Crippen LogP contribution in [0.15, 0.2) is 33.9 Å². The van der Waals surface area contributed by atoms with Crippen LogP contribution in [0.1, 0.15) is 49.7 Å². The van der Waals surface area contributed by atoms with Crippen LogP contribution in [-0.2, 0) is 5.75 Å². The van der Waals surface area contributed by atoms with Gasteiger partial charge >= 0.3 is 6.61 Å². The minimum atomic E-state index is -2.86. The Hall–Kier alpha value is -2.56. The van der Waals surface area contributed by atoms with E-state index in [-0.39, 0.29) is 5.75 Å². The van der Waals surface area contributed by atoms with Gasteiger partial charge in [0.25, 0.3) is 5.22 Å². The van der Waals surface area contributed by atoms with Gasteiger partial charge in [0.1, 0.15) is 5.75 Å². The summed E-state index contributed by atoms with van der Waals surface area (Å²) in [6.07, 6.45) is 5.85. The van der Waals surface area contributed by atoms with Crippen LogP contribution in [0, 0.1) is 0 Å². The summed E-state index contributed by atoms with van der Waals surface area (Å²) in [5.74, 6) is 2.13. The second-order valence-electron chi connectivity index (χ2n) is 6.41. The number of halogens is 2. The molecule has 11 heteroatoms. The number of benzene rings is 1. The zero-order chi connectivity index (χ0) is 19.3. The summed E-state index contributed by atoms with van der Waals surface area (Å²) in [4.78, 5) is 0. The van der Waals surface area contributed by atoms with Crippen molar-refractivity contribution in [3.05, 3.63) is 36.0 Å². The number of alkyl halides is 2. The lowest BCUT2D eigenvalue weighted by molar-refractivity contribution is -0.0498. The monoisotopic (exact) mass is 408 g/mol. The van der Waals surface area contributed by atoms with Gasteiger partial charge in [0.2, 0.25) is 5.89 Å². The summed E-state index contributed by atoms with van der Waals surface area (Å²) in [6, 6.07) is 6.09. The molecule has 0 spiro atoms. The quantitative estimate of drug-likeness (QED) is 0.542. The number of thioether (sulfide) groups is 1. The average molecular weight is 408 g/mol. The molecule has 1 saturated carbocycles. The van der Waals surface area contributed by atoms with Gasteiger partial charge < -0.3 is 9.15 Å². The molecule has 28 heavy (non-hydrogen) atoms. The van der Waals surface area contributed by atoms with Crippen molar-refractivity contribution in [1.29, 1.82) is 0 Å². The van der Waals surface area contributed by atoms with E-state index in [0.717, 1.165) is 12.8 Å². The normalized spacial score (nSPS) is 15.2. The smallest absolute Gasteiger partial charge is 0.387 e. The van der Waals surface area contributed by atoms with Crippen LogP contribution in [0.5, 0.6) is 5.75 Å². The molecule has 148 valence electrons. The third kappa shape index (κ3) is 4.46. The summed E-state index contributed by atoms with van der Waals surface area (Å²) in [6.45, 7) is -2.86. The molecule has 0 saturated heterocycles. The highest BCUT2D eigenvalue weighted by Crippen LogP contribution is 2.33. The molecule has 2 heterocycles. The second kappa shape index (κ2) is 8.63. The van der Waals surface area contributed by atoms with E-state index in [9.17, 15) is 8.78 Å². The molecule has 0 amide bonds. The third-order valence-corrected chi connectivity index (χ3v) is 5.36. The number of tetrazole rings is 1. The first-order valence-corrected chi connectivity index (χ1v) is 9.96. The fourth-order valence-electron chi connectivity index (χ4n) is 3.18. The van der Waals surface area contributed by atoms with E-state index in [2.05, 4.69) is 30.5 Å². The fraction of sp³-hybridized carbons (Fsp3) is 0.471. The number of aromatic nitrogens is 6. The van der Waals surface area contributed by atoms with Gasteiger partial charge in [0, 0.05) is 5.92 Å². The third-order valence-electron chi connectivity index (χ3n) is 4.54. The molecule has 1 aromatic carbocycles. The predicted molar refractivity (Wildman–Crippen MR) is 95.5 cm³/mol. The van der Waals surface area contributed by atoms with Crippen molar-refractivity contribution in [2.45, 2.75) is 55.6 Å². The summed E-state index contributed by atoms with van der Waals surface area (Å²) in [5.41, 5.74) is 0.635. The number of hydrogen-bond donors (Lipinski definition) is 0. The molecule has 4 rings (SSSR count). The lowest BCUT2D eigenvalue weighted by atomic mass is 9.89. The average Bonchev–Trinajstić information content (AvgIpc) is 3.37. The van der Waals surface area contributed by atoms with Crippen molar-refractivity contribution >= 4 is 11.8 Å².